The molecule has 1 fully saturated rings. The van der Waals surface area contributed by atoms with E-state index in [1.807, 2.05) is 6.92 Å². The summed E-state index contributed by atoms with van der Waals surface area (Å²) in [4.78, 5) is 14.1. The predicted molar refractivity (Wildman–Crippen MR) is 89.1 cm³/mol. The molecule has 128 valence electrons. The van der Waals surface area contributed by atoms with Crippen LogP contribution in [0.4, 0.5) is 5.82 Å². The van der Waals surface area contributed by atoms with Crippen molar-refractivity contribution < 1.29 is 13.2 Å². The first-order valence-corrected chi connectivity index (χ1v) is 9.73. The van der Waals surface area contributed by atoms with Crippen LogP contribution in [0.25, 0.3) is 0 Å². The molecule has 0 bridgehead atoms. The zero-order valence-corrected chi connectivity index (χ0v) is 14.6. The van der Waals surface area contributed by atoms with E-state index in [1.54, 1.807) is 17.0 Å². The van der Waals surface area contributed by atoms with Gasteiger partial charge >= 0.3 is 0 Å². The summed E-state index contributed by atoms with van der Waals surface area (Å²) in [5, 5.41) is 11.1. The zero-order valence-electron chi connectivity index (χ0n) is 13.8. The standard InChI is InChI=1S/C15H24N4O3S/c1-4-19(12-7-8-23(21,22)10-12)15(20)13-5-6-14(18-17-13)16-9-11(2)3/h5-6,11-12H,4,7-10H2,1-3H3,(H,16,18). The van der Waals surface area contributed by atoms with Gasteiger partial charge < -0.3 is 10.2 Å². The molecule has 1 aliphatic heterocycles. The first-order valence-electron chi connectivity index (χ1n) is 7.91. The summed E-state index contributed by atoms with van der Waals surface area (Å²) < 4.78 is 23.2. The number of hydrogen-bond donors (Lipinski definition) is 1. The van der Waals surface area contributed by atoms with Gasteiger partial charge in [-0.3, -0.25) is 4.79 Å². The van der Waals surface area contributed by atoms with Crippen LogP contribution >= 0.6 is 0 Å². The van der Waals surface area contributed by atoms with Crippen LogP contribution in [-0.2, 0) is 9.84 Å². The summed E-state index contributed by atoms with van der Waals surface area (Å²) in [6.45, 7) is 7.26. The highest BCUT2D eigenvalue weighted by Crippen LogP contribution is 2.19. The lowest BCUT2D eigenvalue weighted by atomic mass is 10.2. The molecule has 2 heterocycles. The van der Waals surface area contributed by atoms with E-state index < -0.39 is 9.84 Å². The van der Waals surface area contributed by atoms with Crippen LogP contribution in [0.2, 0.25) is 0 Å². The first kappa shape index (κ1) is 17.7. The van der Waals surface area contributed by atoms with Crippen molar-refractivity contribution in [2.24, 2.45) is 5.92 Å². The van der Waals surface area contributed by atoms with Crippen molar-refractivity contribution in [1.29, 1.82) is 0 Å². The number of sulfone groups is 1. The van der Waals surface area contributed by atoms with Crippen LogP contribution in [0.3, 0.4) is 0 Å². The molecule has 1 saturated heterocycles. The summed E-state index contributed by atoms with van der Waals surface area (Å²) in [5.74, 6) is 1.02. The Labute approximate surface area is 137 Å². The average Bonchev–Trinajstić information content (AvgIpc) is 2.86. The van der Waals surface area contributed by atoms with E-state index in [0.717, 1.165) is 6.54 Å². The van der Waals surface area contributed by atoms with Crippen molar-refractivity contribution in [3.8, 4) is 0 Å². The SMILES string of the molecule is CCN(C(=O)c1ccc(NCC(C)C)nn1)C1CCS(=O)(=O)C1. The van der Waals surface area contributed by atoms with E-state index in [1.165, 1.54) is 0 Å². The van der Waals surface area contributed by atoms with Gasteiger partial charge in [0.15, 0.2) is 15.5 Å². The third-order valence-electron chi connectivity index (χ3n) is 3.83. The fourth-order valence-corrected chi connectivity index (χ4v) is 4.32. The van der Waals surface area contributed by atoms with Crippen LogP contribution in [0, 0.1) is 5.92 Å². The molecule has 0 radical (unpaired) electrons. The van der Waals surface area contributed by atoms with Gasteiger partial charge in [-0.15, -0.1) is 10.2 Å². The van der Waals surface area contributed by atoms with Gasteiger partial charge in [-0.2, -0.15) is 0 Å². The van der Waals surface area contributed by atoms with E-state index in [9.17, 15) is 13.2 Å². The number of nitrogens with one attached hydrogen (secondary N) is 1. The van der Waals surface area contributed by atoms with E-state index in [2.05, 4.69) is 29.4 Å². The number of hydrogen-bond acceptors (Lipinski definition) is 6. The van der Waals surface area contributed by atoms with Crippen LogP contribution in [-0.4, -0.2) is 60.1 Å². The summed E-state index contributed by atoms with van der Waals surface area (Å²) in [6, 6.07) is 3.09. The molecule has 1 aromatic rings. The largest absolute Gasteiger partial charge is 0.368 e. The van der Waals surface area contributed by atoms with E-state index in [0.29, 0.717) is 24.7 Å². The van der Waals surface area contributed by atoms with E-state index in [-0.39, 0.29) is 29.1 Å². The Morgan fingerprint density at radius 1 is 1.39 bits per heavy atom. The molecule has 1 aliphatic rings. The quantitative estimate of drug-likeness (QED) is 0.836. The summed E-state index contributed by atoms with van der Waals surface area (Å²) in [7, 11) is -3.03. The number of carbonyl (C=O) groups is 1. The highest BCUT2D eigenvalue weighted by Gasteiger charge is 2.34. The first-order chi connectivity index (χ1) is 10.8. The third kappa shape index (κ3) is 4.63. The van der Waals surface area contributed by atoms with Crippen LogP contribution < -0.4 is 5.32 Å². The summed E-state index contributed by atoms with van der Waals surface area (Å²) in [5.41, 5.74) is 0.242. The number of rotatable bonds is 6. The Morgan fingerprint density at radius 2 is 2.13 bits per heavy atom. The van der Waals surface area contributed by atoms with Crippen LogP contribution in [0.15, 0.2) is 12.1 Å². The van der Waals surface area contributed by atoms with Crippen LogP contribution in [0.1, 0.15) is 37.7 Å². The van der Waals surface area contributed by atoms with E-state index in [4.69, 9.17) is 0 Å². The van der Waals surface area contributed by atoms with Gasteiger partial charge in [0.25, 0.3) is 5.91 Å². The van der Waals surface area contributed by atoms with Gasteiger partial charge in [0.2, 0.25) is 0 Å². The molecular formula is C15H24N4O3S. The average molecular weight is 340 g/mol. The molecule has 1 amide bonds. The lowest BCUT2D eigenvalue weighted by molar-refractivity contribution is 0.0701. The van der Waals surface area contributed by atoms with Gasteiger partial charge in [-0.05, 0) is 31.4 Å². The van der Waals surface area contributed by atoms with Crippen LogP contribution in [0.5, 0.6) is 0 Å². The Bertz CT molecular complexity index is 643. The normalized spacial score (nSPS) is 19.7. The Morgan fingerprint density at radius 3 is 2.61 bits per heavy atom. The minimum absolute atomic E-state index is 0.0358. The molecular weight excluding hydrogens is 316 g/mol. The molecule has 1 N–H and O–H groups in total. The lowest BCUT2D eigenvalue weighted by Crippen LogP contribution is -2.41. The predicted octanol–water partition coefficient (Wildman–Crippen LogP) is 1.19. The maximum Gasteiger partial charge on any atom is 0.274 e. The van der Waals surface area contributed by atoms with Crippen molar-refractivity contribution in [1.82, 2.24) is 15.1 Å². The molecule has 1 atom stereocenters. The number of carbonyl (C=O) groups excluding carboxylic acids is 1. The van der Waals surface area contributed by atoms with Gasteiger partial charge in [0.1, 0.15) is 5.82 Å². The maximum absolute atomic E-state index is 12.6. The maximum atomic E-state index is 12.6. The van der Waals surface area contributed by atoms with Crippen molar-refractivity contribution >= 4 is 21.6 Å². The highest BCUT2D eigenvalue weighted by atomic mass is 32.2. The summed E-state index contributed by atoms with van der Waals surface area (Å²) in [6.07, 6.45) is 0.489. The van der Waals surface area contributed by atoms with Gasteiger partial charge in [0.05, 0.1) is 11.5 Å². The van der Waals surface area contributed by atoms with Gasteiger partial charge in [-0.1, -0.05) is 13.8 Å². The molecule has 1 aromatic heterocycles. The van der Waals surface area contributed by atoms with Crippen molar-refractivity contribution in [2.75, 3.05) is 29.9 Å². The molecule has 0 saturated carbocycles. The Kier molecular flexibility index (Phi) is 5.56. The Balaban J connectivity index is 2.06. The highest BCUT2D eigenvalue weighted by molar-refractivity contribution is 7.91. The molecule has 0 aromatic carbocycles. The molecule has 8 heteroatoms. The minimum atomic E-state index is -3.03. The molecule has 0 spiro atoms. The number of nitrogens with zero attached hydrogens (tertiary/aromatic N) is 3. The van der Waals surface area contributed by atoms with E-state index >= 15 is 0 Å². The summed E-state index contributed by atoms with van der Waals surface area (Å²) >= 11 is 0. The number of aromatic nitrogens is 2. The monoisotopic (exact) mass is 340 g/mol. The Hall–Kier alpha value is -1.70. The fourth-order valence-electron chi connectivity index (χ4n) is 2.59. The number of anilines is 1. The zero-order chi connectivity index (χ0) is 17.0. The molecule has 1 unspecified atom stereocenters. The van der Waals surface area contributed by atoms with Crippen molar-refractivity contribution in [2.45, 2.75) is 33.2 Å². The molecule has 2 rings (SSSR count). The third-order valence-corrected chi connectivity index (χ3v) is 5.58. The van der Waals surface area contributed by atoms with Gasteiger partial charge in [0, 0.05) is 19.1 Å². The minimum Gasteiger partial charge on any atom is -0.368 e. The second kappa shape index (κ2) is 7.25. The second-order valence-electron chi connectivity index (χ2n) is 6.23. The fraction of sp³-hybridized carbons (Fsp3) is 0.667. The smallest absolute Gasteiger partial charge is 0.274 e. The van der Waals surface area contributed by atoms with Crippen molar-refractivity contribution in [3.05, 3.63) is 17.8 Å². The lowest BCUT2D eigenvalue weighted by Gasteiger charge is -2.26. The molecule has 23 heavy (non-hydrogen) atoms. The topological polar surface area (TPSA) is 92.3 Å². The van der Waals surface area contributed by atoms with Crippen molar-refractivity contribution in [3.63, 3.8) is 0 Å². The van der Waals surface area contributed by atoms with Gasteiger partial charge in [-0.25, -0.2) is 8.42 Å². The number of amides is 1. The molecule has 7 nitrogen and oxygen atoms in total. The molecule has 0 aliphatic carbocycles. The second-order valence-corrected chi connectivity index (χ2v) is 8.46.